The zero-order valence-corrected chi connectivity index (χ0v) is 16.4. The number of aromatic nitrogens is 2. The fourth-order valence-electron chi connectivity index (χ4n) is 2.93. The van der Waals surface area contributed by atoms with Gasteiger partial charge in [-0.2, -0.15) is 0 Å². The second-order valence-corrected chi connectivity index (χ2v) is 6.18. The molecule has 8 heteroatoms. The lowest BCUT2D eigenvalue weighted by atomic mass is 10.1. The number of H-pyrrole nitrogens is 1. The van der Waals surface area contributed by atoms with Gasteiger partial charge in [0.25, 0.3) is 0 Å². The van der Waals surface area contributed by atoms with Crippen LogP contribution in [0.3, 0.4) is 0 Å². The summed E-state index contributed by atoms with van der Waals surface area (Å²) >= 11 is 5.49. The minimum Gasteiger partial charge on any atom is -0.497 e. The molecule has 0 bridgehead atoms. The third-order valence-electron chi connectivity index (χ3n) is 4.35. The monoisotopic (exact) mass is 387 g/mol. The first-order chi connectivity index (χ1) is 13.0. The summed E-state index contributed by atoms with van der Waals surface area (Å²) in [5.41, 5.74) is 1.82. The number of rotatable bonds is 6. The Morgan fingerprint density at radius 3 is 2.22 bits per heavy atom. The summed E-state index contributed by atoms with van der Waals surface area (Å²) in [6.45, 7) is 0.360. The number of fused-ring (bicyclic) bond motifs is 1. The molecule has 27 heavy (non-hydrogen) atoms. The van der Waals surface area contributed by atoms with E-state index in [1.165, 1.54) is 0 Å². The number of methoxy groups -OCH3 is 4. The van der Waals surface area contributed by atoms with E-state index in [2.05, 4.69) is 4.98 Å². The Balaban J connectivity index is 2.18. The van der Waals surface area contributed by atoms with Crippen LogP contribution in [0.5, 0.6) is 23.0 Å². The second-order valence-electron chi connectivity index (χ2n) is 5.80. The highest BCUT2D eigenvalue weighted by atomic mass is 32.1. The van der Waals surface area contributed by atoms with Crippen molar-refractivity contribution in [1.29, 1.82) is 5.41 Å². The maximum absolute atomic E-state index is 8.66. The van der Waals surface area contributed by atoms with E-state index in [-0.39, 0.29) is 5.49 Å². The van der Waals surface area contributed by atoms with Crippen LogP contribution in [0.4, 0.5) is 0 Å². The van der Waals surface area contributed by atoms with E-state index in [0.717, 1.165) is 5.56 Å². The molecule has 3 rings (SSSR count). The molecular weight excluding hydrogens is 366 g/mol. The Bertz CT molecular complexity index is 1100. The molecule has 3 aromatic rings. The first-order valence-electron chi connectivity index (χ1n) is 8.16. The highest BCUT2D eigenvalue weighted by Crippen LogP contribution is 2.30. The van der Waals surface area contributed by atoms with Crippen LogP contribution in [0.1, 0.15) is 5.56 Å². The number of benzene rings is 2. The lowest BCUT2D eigenvalue weighted by Crippen LogP contribution is -2.23. The summed E-state index contributed by atoms with van der Waals surface area (Å²) in [7, 11) is 6.35. The van der Waals surface area contributed by atoms with Crippen LogP contribution in [0, 0.1) is 10.2 Å². The SMILES string of the molecule is COc1ccc(OC)c(Cn2c(=S)[nH]c3cc(OC)c(OC)cc3c2=N)c1. The summed E-state index contributed by atoms with van der Waals surface area (Å²) in [6, 6.07) is 9.07. The zero-order chi connectivity index (χ0) is 19.6. The summed E-state index contributed by atoms with van der Waals surface area (Å²) in [6.07, 6.45) is 0. The van der Waals surface area contributed by atoms with Crippen LogP contribution in [0.25, 0.3) is 10.9 Å². The third-order valence-corrected chi connectivity index (χ3v) is 4.67. The topological polar surface area (TPSA) is 81.5 Å². The first-order valence-corrected chi connectivity index (χ1v) is 8.57. The average Bonchev–Trinajstić information content (AvgIpc) is 2.69. The molecule has 0 aliphatic rings. The molecule has 0 amide bonds. The Hall–Kier alpha value is -3.00. The predicted octanol–water partition coefficient (Wildman–Crippen LogP) is 3.26. The summed E-state index contributed by atoms with van der Waals surface area (Å²) < 4.78 is 23.5. The quantitative estimate of drug-likeness (QED) is 0.635. The number of nitrogens with one attached hydrogen (secondary N) is 2. The van der Waals surface area contributed by atoms with Gasteiger partial charge in [-0.1, -0.05) is 0 Å². The summed E-state index contributed by atoms with van der Waals surface area (Å²) in [4.78, 5) is 3.16. The van der Waals surface area contributed by atoms with Crippen molar-refractivity contribution in [2.45, 2.75) is 6.54 Å². The third kappa shape index (κ3) is 3.48. The Morgan fingerprint density at radius 1 is 0.926 bits per heavy atom. The zero-order valence-electron chi connectivity index (χ0n) is 15.6. The predicted molar refractivity (Wildman–Crippen MR) is 105 cm³/mol. The molecule has 0 radical (unpaired) electrons. The lowest BCUT2D eigenvalue weighted by molar-refractivity contribution is 0.355. The normalized spacial score (nSPS) is 10.7. The molecule has 7 nitrogen and oxygen atoms in total. The van der Waals surface area contributed by atoms with Gasteiger partial charge in [0, 0.05) is 17.0 Å². The minimum absolute atomic E-state index is 0.263. The van der Waals surface area contributed by atoms with Crippen molar-refractivity contribution in [3.8, 4) is 23.0 Å². The van der Waals surface area contributed by atoms with Gasteiger partial charge in [0.2, 0.25) is 0 Å². The van der Waals surface area contributed by atoms with Gasteiger partial charge in [-0.15, -0.1) is 0 Å². The average molecular weight is 387 g/mol. The largest absolute Gasteiger partial charge is 0.497 e. The maximum Gasteiger partial charge on any atom is 0.179 e. The molecule has 0 saturated heterocycles. The van der Waals surface area contributed by atoms with Crippen molar-refractivity contribution >= 4 is 23.1 Å². The highest BCUT2D eigenvalue weighted by molar-refractivity contribution is 7.71. The van der Waals surface area contributed by atoms with Gasteiger partial charge < -0.3 is 23.9 Å². The molecule has 2 aromatic carbocycles. The van der Waals surface area contributed by atoms with Crippen LogP contribution in [0.15, 0.2) is 30.3 Å². The number of ether oxygens (including phenoxy) is 4. The van der Waals surface area contributed by atoms with Gasteiger partial charge in [-0.25, -0.2) is 0 Å². The second kappa shape index (κ2) is 7.71. The van der Waals surface area contributed by atoms with Gasteiger partial charge >= 0.3 is 0 Å². The van der Waals surface area contributed by atoms with Crippen LogP contribution in [-0.2, 0) is 6.54 Å². The fourth-order valence-corrected chi connectivity index (χ4v) is 3.20. The number of aromatic amines is 1. The van der Waals surface area contributed by atoms with E-state index < -0.39 is 0 Å². The molecule has 0 unspecified atom stereocenters. The molecule has 1 heterocycles. The summed E-state index contributed by atoms with van der Waals surface area (Å²) in [5, 5.41) is 9.33. The fraction of sp³-hybridized carbons (Fsp3) is 0.263. The van der Waals surface area contributed by atoms with Crippen molar-refractivity contribution in [2.75, 3.05) is 28.4 Å². The molecule has 0 aliphatic heterocycles. The smallest absolute Gasteiger partial charge is 0.179 e. The maximum atomic E-state index is 8.66. The summed E-state index contributed by atoms with van der Waals surface area (Å²) in [5.74, 6) is 2.53. The Kier molecular flexibility index (Phi) is 5.36. The molecule has 0 spiro atoms. The molecule has 2 N–H and O–H groups in total. The van der Waals surface area contributed by atoms with Crippen LogP contribution < -0.4 is 24.4 Å². The number of hydrogen-bond acceptors (Lipinski definition) is 6. The van der Waals surface area contributed by atoms with E-state index in [1.54, 1.807) is 45.1 Å². The first kappa shape index (κ1) is 18.8. The lowest BCUT2D eigenvalue weighted by Gasteiger charge is -2.15. The van der Waals surface area contributed by atoms with Gasteiger partial charge in [0.1, 0.15) is 17.0 Å². The standard InChI is InChI=1S/C19H21N3O4S/c1-23-12-5-6-15(24-2)11(7-12)10-22-18(20)13-8-16(25-3)17(26-4)9-14(13)21-19(22)27/h5-9,20H,10H2,1-4H3,(H,21,27). The van der Waals surface area contributed by atoms with E-state index in [9.17, 15) is 0 Å². The number of nitrogens with zero attached hydrogens (tertiary/aromatic N) is 1. The molecule has 142 valence electrons. The molecule has 0 saturated carbocycles. The van der Waals surface area contributed by atoms with Gasteiger partial charge in [-0.05, 0) is 36.5 Å². The van der Waals surface area contributed by atoms with Crippen LogP contribution in [-0.4, -0.2) is 38.0 Å². The van der Waals surface area contributed by atoms with Crippen molar-refractivity contribution in [3.63, 3.8) is 0 Å². The Labute approximate surface area is 161 Å². The van der Waals surface area contributed by atoms with Crippen LogP contribution >= 0.6 is 12.2 Å². The molecule has 1 aromatic heterocycles. The molecule has 0 aliphatic carbocycles. The van der Waals surface area contributed by atoms with E-state index in [0.29, 0.717) is 45.2 Å². The molecule has 0 atom stereocenters. The van der Waals surface area contributed by atoms with Crippen molar-refractivity contribution in [3.05, 3.63) is 46.2 Å². The number of hydrogen-bond donors (Lipinski definition) is 2. The van der Waals surface area contributed by atoms with Crippen molar-refractivity contribution in [2.24, 2.45) is 0 Å². The minimum atomic E-state index is 0.263. The van der Waals surface area contributed by atoms with E-state index >= 15 is 0 Å². The molecule has 0 fully saturated rings. The van der Waals surface area contributed by atoms with Crippen molar-refractivity contribution < 1.29 is 18.9 Å². The van der Waals surface area contributed by atoms with E-state index in [4.69, 9.17) is 36.6 Å². The highest BCUT2D eigenvalue weighted by Gasteiger charge is 2.12. The van der Waals surface area contributed by atoms with Crippen LogP contribution in [0.2, 0.25) is 0 Å². The van der Waals surface area contributed by atoms with Gasteiger partial charge in [-0.3, -0.25) is 9.98 Å². The molecular formula is C19H21N3O4S. The van der Waals surface area contributed by atoms with Gasteiger partial charge in [0.15, 0.2) is 16.3 Å². The van der Waals surface area contributed by atoms with E-state index in [1.807, 2.05) is 18.2 Å². The Morgan fingerprint density at radius 2 is 1.59 bits per heavy atom. The van der Waals surface area contributed by atoms with Gasteiger partial charge in [0.05, 0.1) is 40.5 Å². The van der Waals surface area contributed by atoms with Crippen molar-refractivity contribution in [1.82, 2.24) is 9.55 Å².